The molecule has 1 amide bonds. The average molecular weight is 307 g/mol. The van der Waals surface area contributed by atoms with Crippen molar-refractivity contribution < 1.29 is 24.0 Å². The SMILES string of the molecule is COC(=O)C1CC[NH+](CC(=O)Nc2cccc(OC)c2)CC1. The van der Waals surface area contributed by atoms with Crippen LogP contribution in [0, 0.1) is 5.92 Å². The summed E-state index contributed by atoms with van der Waals surface area (Å²) in [6, 6.07) is 7.29. The molecule has 6 heteroatoms. The third-order valence-corrected chi connectivity index (χ3v) is 3.99. The number of methoxy groups -OCH3 is 2. The van der Waals surface area contributed by atoms with Gasteiger partial charge in [0.1, 0.15) is 5.75 Å². The van der Waals surface area contributed by atoms with E-state index in [1.54, 1.807) is 13.2 Å². The molecule has 0 aromatic heterocycles. The lowest BCUT2D eigenvalue weighted by Crippen LogP contribution is -3.14. The van der Waals surface area contributed by atoms with Crippen LogP contribution in [0.2, 0.25) is 0 Å². The lowest BCUT2D eigenvalue weighted by molar-refractivity contribution is -0.897. The van der Waals surface area contributed by atoms with Crippen molar-refractivity contribution in [3.8, 4) is 5.75 Å². The number of hydrogen-bond donors (Lipinski definition) is 2. The zero-order valence-corrected chi connectivity index (χ0v) is 13.1. The summed E-state index contributed by atoms with van der Waals surface area (Å²) in [6.45, 7) is 2.03. The number of ether oxygens (including phenoxy) is 2. The molecule has 0 atom stereocenters. The van der Waals surface area contributed by atoms with Crippen molar-refractivity contribution in [1.82, 2.24) is 0 Å². The van der Waals surface area contributed by atoms with E-state index in [-0.39, 0.29) is 17.8 Å². The second-order valence-corrected chi connectivity index (χ2v) is 5.50. The molecule has 1 saturated heterocycles. The first-order valence-corrected chi connectivity index (χ1v) is 7.47. The van der Waals surface area contributed by atoms with Crippen LogP contribution in [0.5, 0.6) is 5.75 Å². The standard InChI is InChI=1S/C16H22N2O4/c1-21-14-5-3-4-13(10-14)17-15(19)11-18-8-6-12(7-9-18)16(20)22-2/h3-5,10,12H,6-9,11H2,1-2H3,(H,17,19)/p+1. The lowest BCUT2D eigenvalue weighted by Gasteiger charge is -2.27. The summed E-state index contributed by atoms with van der Waals surface area (Å²) < 4.78 is 9.90. The molecule has 22 heavy (non-hydrogen) atoms. The van der Waals surface area contributed by atoms with Crippen molar-refractivity contribution >= 4 is 17.6 Å². The number of likely N-dealkylation sites (tertiary alicyclic amines) is 1. The van der Waals surface area contributed by atoms with Crippen molar-refractivity contribution in [2.24, 2.45) is 5.92 Å². The zero-order chi connectivity index (χ0) is 15.9. The third kappa shape index (κ3) is 4.46. The summed E-state index contributed by atoms with van der Waals surface area (Å²) in [5.74, 6) is 0.527. The van der Waals surface area contributed by atoms with Crippen LogP contribution in [-0.2, 0) is 14.3 Å². The lowest BCUT2D eigenvalue weighted by atomic mass is 9.97. The van der Waals surface area contributed by atoms with Gasteiger partial charge in [-0.2, -0.15) is 0 Å². The summed E-state index contributed by atoms with van der Waals surface area (Å²) in [4.78, 5) is 24.8. The molecule has 1 aliphatic heterocycles. The van der Waals surface area contributed by atoms with Crippen LogP contribution >= 0.6 is 0 Å². The number of nitrogens with one attached hydrogen (secondary N) is 2. The molecule has 0 aliphatic carbocycles. The second-order valence-electron chi connectivity index (χ2n) is 5.50. The largest absolute Gasteiger partial charge is 0.497 e. The van der Waals surface area contributed by atoms with E-state index in [0.29, 0.717) is 12.3 Å². The van der Waals surface area contributed by atoms with Crippen LogP contribution in [-0.4, -0.2) is 45.7 Å². The molecule has 2 N–H and O–H groups in total. The first kappa shape index (κ1) is 16.3. The highest BCUT2D eigenvalue weighted by Gasteiger charge is 2.28. The fraction of sp³-hybridized carbons (Fsp3) is 0.500. The van der Waals surface area contributed by atoms with E-state index < -0.39 is 0 Å². The highest BCUT2D eigenvalue weighted by Crippen LogP contribution is 2.16. The average Bonchev–Trinajstić information content (AvgIpc) is 2.55. The van der Waals surface area contributed by atoms with Gasteiger partial charge in [0.05, 0.1) is 33.2 Å². The van der Waals surface area contributed by atoms with E-state index in [1.807, 2.05) is 18.2 Å². The van der Waals surface area contributed by atoms with E-state index in [1.165, 1.54) is 12.0 Å². The van der Waals surface area contributed by atoms with E-state index in [4.69, 9.17) is 9.47 Å². The third-order valence-electron chi connectivity index (χ3n) is 3.99. The maximum absolute atomic E-state index is 12.1. The number of quaternary nitrogens is 1. The van der Waals surface area contributed by atoms with Crippen molar-refractivity contribution in [3.63, 3.8) is 0 Å². The van der Waals surface area contributed by atoms with Crippen molar-refractivity contribution in [2.45, 2.75) is 12.8 Å². The second kappa shape index (κ2) is 7.79. The van der Waals surface area contributed by atoms with Crippen molar-refractivity contribution in [1.29, 1.82) is 0 Å². The molecule has 1 fully saturated rings. The molecule has 0 radical (unpaired) electrons. The molecule has 0 bridgehead atoms. The molecule has 120 valence electrons. The topological polar surface area (TPSA) is 69.1 Å². The van der Waals surface area contributed by atoms with Crippen LogP contribution in [0.15, 0.2) is 24.3 Å². The number of carbonyl (C=O) groups excluding carboxylic acids is 2. The Hall–Kier alpha value is -2.08. The molecule has 2 rings (SSSR count). The molecule has 0 saturated carbocycles. The maximum atomic E-state index is 12.1. The van der Waals surface area contributed by atoms with Crippen LogP contribution in [0.3, 0.4) is 0 Å². The summed E-state index contributed by atoms with van der Waals surface area (Å²) in [5, 5.41) is 2.88. The molecule has 6 nitrogen and oxygen atoms in total. The Kier molecular flexibility index (Phi) is 5.77. The minimum atomic E-state index is -0.139. The summed E-state index contributed by atoms with van der Waals surface area (Å²) in [7, 11) is 3.01. The van der Waals surface area contributed by atoms with Gasteiger partial charge in [-0.05, 0) is 12.1 Å². The van der Waals surface area contributed by atoms with Crippen molar-refractivity contribution in [3.05, 3.63) is 24.3 Å². The number of carbonyl (C=O) groups is 2. The van der Waals surface area contributed by atoms with Gasteiger partial charge >= 0.3 is 5.97 Å². The van der Waals surface area contributed by atoms with Gasteiger partial charge in [-0.1, -0.05) is 6.07 Å². The van der Waals surface area contributed by atoms with Crippen molar-refractivity contribution in [2.75, 3.05) is 39.2 Å². The van der Waals surface area contributed by atoms with Crippen LogP contribution < -0.4 is 15.0 Å². The van der Waals surface area contributed by atoms with Gasteiger partial charge in [-0.25, -0.2) is 0 Å². The number of anilines is 1. The normalized spacial score (nSPS) is 21.0. The predicted octanol–water partition coefficient (Wildman–Crippen LogP) is 0.102. The van der Waals surface area contributed by atoms with Crippen LogP contribution in [0.4, 0.5) is 5.69 Å². The van der Waals surface area contributed by atoms with E-state index in [0.717, 1.165) is 31.6 Å². The van der Waals surface area contributed by atoms with Gasteiger partial charge in [0.2, 0.25) is 0 Å². The number of rotatable bonds is 5. The first-order valence-electron chi connectivity index (χ1n) is 7.47. The van der Waals surface area contributed by atoms with Gasteiger partial charge in [0.15, 0.2) is 6.54 Å². The Balaban J connectivity index is 1.79. The van der Waals surface area contributed by atoms with Gasteiger partial charge in [0, 0.05) is 24.6 Å². The smallest absolute Gasteiger partial charge is 0.309 e. The fourth-order valence-corrected chi connectivity index (χ4v) is 2.74. The van der Waals surface area contributed by atoms with Gasteiger partial charge < -0.3 is 19.7 Å². The highest BCUT2D eigenvalue weighted by atomic mass is 16.5. The first-order chi connectivity index (χ1) is 10.6. The minimum Gasteiger partial charge on any atom is -0.497 e. The zero-order valence-electron chi connectivity index (χ0n) is 13.1. The summed E-state index contributed by atoms with van der Waals surface area (Å²) >= 11 is 0. The van der Waals surface area contributed by atoms with Gasteiger partial charge in [-0.15, -0.1) is 0 Å². The van der Waals surface area contributed by atoms with E-state index in [2.05, 4.69) is 5.32 Å². The molecule has 1 aromatic rings. The Labute approximate surface area is 130 Å². The number of esters is 1. The van der Waals surface area contributed by atoms with Gasteiger partial charge in [0.25, 0.3) is 5.91 Å². The fourth-order valence-electron chi connectivity index (χ4n) is 2.74. The number of hydrogen-bond acceptors (Lipinski definition) is 4. The number of piperidine rings is 1. The van der Waals surface area contributed by atoms with Gasteiger partial charge in [-0.3, -0.25) is 9.59 Å². The quantitative estimate of drug-likeness (QED) is 0.757. The Morgan fingerprint density at radius 1 is 1.27 bits per heavy atom. The molecule has 1 aliphatic rings. The predicted molar refractivity (Wildman–Crippen MR) is 81.9 cm³/mol. The number of benzene rings is 1. The van der Waals surface area contributed by atoms with E-state index in [9.17, 15) is 9.59 Å². The monoisotopic (exact) mass is 307 g/mol. The molecule has 1 aromatic carbocycles. The Bertz CT molecular complexity index is 525. The summed E-state index contributed by atoms with van der Waals surface area (Å²) in [5.41, 5.74) is 0.730. The highest BCUT2D eigenvalue weighted by molar-refractivity contribution is 5.91. The molecular weight excluding hydrogens is 284 g/mol. The van der Waals surface area contributed by atoms with E-state index >= 15 is 0 Å². The molecule has 0 spiro atoms. The Morgan fingerprint density at radius 3 is 2.64 bits per heavy atom. The molecular formula is C16H23N2O4+. The van der Waals surface area contributed by atoms with Crippen LogP contribution in [0.25, 0.3) is 0 Å². The maximum Gasteiger partial charge on any atom is 0.309 e. The van der Waals surface area contributed by atoms with Crippen LogP contribution in [0.1, 0.15) is 12.8 Å². The Morgan fingerprint density at radius 2 is 2.00 bits per heavy atom. The summed E-state index contributed by atoms with van der Waals surface area (Å²) in [6.07, 6.45) is 1.54. The molecule has 0 unspecified atom stereocenters. The number of amides is 1. The minimum absolute atomic E-state index is 0.0183. The molecule has 1 heterocycles.